The molecule has 0 unspecified atom stereocenters. The van der Waals surface area contributed by atoms with Crippen LogP contribution in [0.15, 0.2) is 72.0 Å². The molecular weight excluding hydrogens is 400 g/mol. The number of rotatable bonds is 10. The second-order valence-electron chi connectivity index (χ2n) is 6.39. The first-order valence-corrected chi connectivity index (χ1v) is 9.39. The fraction of sp³-hybridized carbons (Fsp3) is 0.174. The van der Waals surface area contributed by atoms with Gasteiger partial charge in [-0.2, -0.15) is 0 Å². The average Bonchev–Trinajstić information content (AvgIpc) is 2.77. The highest BCUT2D eigenvalue weighted by atomic mass is 16.6. The smallest absolute Gasteiger partial charge is 0.307 e. The summed E-state index contributed by atoms with van der Waals surface area (Å²) in [4.78, 5) is 20.2. The lowest BCUT2D eigenvalue weighted by atomic mass is 10.1. The van der Waals surface area contributed by atoms with Crippen molar-refractivity contribution in [2.75, 3.05) is 20.8 Å². The molecule has 0 saturated heterocycles. The van der Waals surface area contributed by atoms with Gasteiger partial charge in [-0.1, -0.05) is 23.4 Å². The van der Waals surface area contributed by atoms with E-state index in [1.54, 1.807) is 36.5 Å². The maximum atomic E-state index is 11.0. The molecule has 1 N–H and O–H groups in total. The number of pyridine rings is 1. The Hall–Kier alpha value is -4.07. The summed E-state index contributed by atoms with van der Waals surface area (Å²) >= 11 is 0. The Balaban J connectivity index is 1.77. The summed E-state index contributed by atoms with van der Waals surface area (Å²) in [7, 11) is 2.96. The lowest BCUT2D eigenvalue weighted by molar-refractivity contribution is -0.136. The molecule has 0 atom stereocenters. The summed E-state index contributed by atoms with van der Waals surface area (Å²) in [5, 5.41) is 13.1. The Morgan fingerprint density at radius 1 is 1.00 bits per heavy atom. The van der Waals surface area contributed by atoms with Gasteiger partial charge < -0.3 is 24.2 Å². The van der Waals surface area contributed by atoms with Gasteiger partial charge in [-0.05, 0) is 35.9 Å². The summed E-state index contributed by atoms with van der Waals surface area (Å²) in [5.41, 5.74) is 1.83. The van der Waals surface area contributed by atoms with Gasteiger partial charge in [0.05, 0.1) is 13.5 Å². The van der Waals surface area contributed by atoms with E-state index in [0.717, 1.165) is 5.56 Å². The van der Waals surface area contributed by atoms with Crippen molar-refractivity contribution in [3.05, 3.63) is 78.0 Å². The van der Waals surface area contributed by atoms with Gasteiger partial charge in [0.25, 0.3) is 0 Å². The summed E-state index contributed by atoms with van der Waals surface area (Å²) < 4.78 is 16.9. The number of hydrogen-bond donors (Lipinski definition) is 1. The molecule has 1 heterocycles. The second-order valence-corrected chi connectivity index (χ2v) is 6.39. The van der Waals surface area contributed by atoms with Crippen LogP contribution < -0.4 is 14.2 Å². The number of hydrogen-bond acceptors (Lipinski definition) is 7. The minimum absolute atomic E-state index is 0.0839. The fourth-order valence-corrected chi connectivity index (χ4v) is 2.80. The minimum Gasteiger partial charge on any atom is -0.497 e. The first kappa shape index (κ1) is 21.6. The largest absolute Gasteiger partial charge is 0.497 e. The van der Waals surface area contributed by atoms with E-state index in [1.807, 2.05) is 30.3 Å². The van der Waals surface area contributed by atoms with E-state index in [1.165, 1.54) is 14.2 Å². The van der Waals surface area contributed by atoms with Crippen molar-refractivity contribution in [3.63, 3.8) is 0 Å². The molecule has 0 spiro atoms. The Kier molecular flexibility index (Phi) is 7.42. The van der Waals surface area contributed by atoms with Crippen LogP contribution in [0.5, 0.6) is 23.1 Å². The zero-order chi connectivity index (χ0) is 22.1. The summed E-state index contributed by atoms with van der Waals surface area (Å²) in [6, 6.07) is 17.7. The molecule has 2 aromatic carbocycles. The Bertz CT molecular complexity index is 1050. The number of ether oxygens (including phenoxy) is 3. The van der Waals surface area contributed by atoms with Gasteiger partial charge in [0.2, 0.25) is 5.88 Å². The van der Waals surface area contributed by atoms with Crippen LogP contribution in [0.4, 0.5) is 0 Å². The molecule has 0 bridgehead atoms. The van der Waals surface area contributed by atoms with Gasteiger partial charge >= 0.3 is 5.97 Å². The molecule has 3 aromatic rings. The van der Waals surface area contributed by atoms with Crippen molar-refractivity contribution >= 4 is 11.7 Å². The number of oxime groups is 1. The van der Waals surface area contributed by atoms with Crippen LogP contribution in [-0.2, 0) is 16.1 Å². The van der Waals surface area contributed by atoms with Gasteiger partial charge in [0.15, 0.2) is 0 Å². The molecule has 0 aliphatic heterocycles. The van der Waals surface area contributed by atoms with E-state index in [9.17, 15) is 4.79 Å². The van der Waals surface area contributed by atoms with E-state index in [0.29, 0.717) is 34.4 Å². The van der Waals surface area contributed by atoms with Crippen LogP contribution in [0.3, 0.4) is 0 Å². The van der Waals surface area contributed by atoms with Crippen molar-refractivity contribution in [2.24, 2.45) is 5.16 Å². The number of carbonyl (C=O) groups is 1. The minimum atomic E-state index is -0.939. The van der Waals surface area contributed by atoms with Crippen molar-refractivity contribution < 1.29 is 28.9 Å². The summed E-state index contributed by atoms with van der Waals surface area (Å²) in [5.74, 6) is 1.09. The summed E-state index contributed by atoms with van der Waals surface area (Å²) in [6.45, 7) is 0.0839. The molecule has 0 aliphatic carbocycles. The van der Waals surface area contributed by atoms with E-state index < -0.39 is 5.97 Å². The third kappa shape index (κ3) is 6.46. The van der Waals surface area contributed by atoms with Crippen LogP contribution in [0.2, 0.25) is 0 Å². The number of methoxy groups -OCH3 is 1. The average molecular weight is 422 g/mol. The molecule has 3 rings (SSSR count). The fourth-order valence-electron chi connectivity index (χ4n) is 2.80. The number of nitrogens with zero attached hydrogens (tertiary/aromatic N) is 2. The molecule has 0 radical (unpaired) electrons. The van der Waals surface area contributed by atoms with Gasteiger partial charge in [-0.25, -0.2) is 4.98 Å². The predicted molar refractivity (Wildman–Crippen MR) is 114 cm³/mol. The van der Waals surface area contributed by atoms with Crippen molar-refractivity contribution in [1.82, 2.24) is 4.98 Å². The Morgan fingerprint density at radius 3 is 2.55 bits per heavy atom. The van der Waals surface area contributed by atoms with Crippen molar-refractivity contribution in [3.8, 4) is 23.1 Å². The van der Waals surface area contributed by atoms with E-state index in [4.69, 9.17) is 24.2 Å². The number of aliphatic carboxylic acids is 1. The highest BCUT2D eigenvalue weighted by Gasteiger charge is 2.11. The quantitative estimate of drug-likeness (QED) is 0.390. The Morgan fingerprint density at radius 2 is 1.84 bits per heavy atom. The third-order valence-corrected chi connectivity index (χ3v) is 4.14. The molecular formula is C23H22N2O6. The Labute approximate surface area is 179 Å². The first-order chi connectivity index (χ1) is 15.1. The number of carboxylic acid groups (broad SMARTS) is 1. The maximum Gasteiger partial charge on any atom is 0.307 e. The molecule has 31 heavy (non-hydrogen) atoms. The SMILES string of the molecule is CON=C(COc1cc(CC(=O)O)cc(OC)c1)c1cccc(Oc2ccccn2)c1. The molecule has 0 aliphatic rings. The number of carboxylic acids is 1. The zero-order valence-corrected chi connectivity index (χ0v) is 17.1. The van der Waals surface area contributed by atoms with Crippen LogP contribution >= 0.6 is 0 Å². The normalized spacial score (nSPS) is 11.0. The number of benzene rings is 2. The van der Waals surface area contributed by atoms with Crippen LogP contribution in [0, 0.1) is 0 Å². The van der Waals surface area contributed by atoms with Crippen molar-refractivity contribution in [1.29, 1.82) is 0 Å². The summed E-state index contributed by atoms with van der Waals surface area (Å²) in [6.07, 6.45) is 1.51. The van der Waals surface area contributed by atoms with Crippen LogP contribution in [0.1, 0.15) is 11.1 Å². The highest BCUT2D eigenvalue weighted by molar-refractivity contribution is 6.01. The zero-order valence-electron chi connectivity index (χ0n) is 17.1. The molecule has 160 valence electrons. The van der Waals surface area contributed by atoms with E-state index in [2.05, 4.69) is 10.1 Å². The lowest BCUT2D eigenvalue weighted by Gasteiger charge is -2.12. The van der Waals surface area contributed by atoms with Crippen molar-refractivity contribution in [2.45, 2.75) is 6.42 Å². The van der Waals surface area contributed by atoms with Crippen LogP contribution in [-0.4, -0.2) is 42.6 Å². The van der Waals surface area contributed by atoms with Gasteiger partial charge in [0.1, 0.15) is 36.7 Å². The van der Waals surface area contributed by atoms with Gasteiger partial charge in [0, 0.05) is 23.9 Å². The highest BCUT2D eigenvalue weighted by Crippen LogP contribution is 2.24. The molecule has 0 fully saturated rings. The molecule has 0 amide bonds. The number of aromatic nitrogens is 1. The van der Waals surface area contributed by atoms with Crippen LogP contribution in [0.25, 0.3) is 0 Å². The van der Waals surface area contributed by atoms with E-state index in [-0.39, 0.29) is 13.0 Å². The van der Waals surface area contributed by atoms with E-state index >= 15 is 0 Å². The second kappa shape index (κ2) is 10.6. The molecule has 8 nitrogen and oxygen atoms in total. The molecule has 1 aromatic heterocycles. The standard InChI is InChI=1S/C23H22N2O6/c1-28-19-10-16(12-23(26)27)11-20(14-19)30-15-21(25-29-2)17-6-5-7-18(13-17)31-22-8-3-4-9-24-22/h3-11,13-14H,12,15H2,1-2H3,(H,26,27). The maximum absolute atomic E-state index is 11.0. The molecule has 8 heteroatoms. The topological polar surface area (TPSA) is 99.5 Å². The van der Waals surface area contributed by atoms with Gasteiger partial charge in [-0.15, -0.1) is 0 Å². The van der Waals surface area contributed by atoms with Gasteiger partial charge in [-0.3, -0.25) is 4.79 Å². The first-order valence-electron chi connectivity index (χ1n) is 9.39. The third-order valence-electron chi connectivity index (χ3n) is 4.14. The molecule has 0 saturated carbocycles. The lowest BCUT2D eigenvalue weighted by Crippen LogP contribution is -2.14. The predicted octanol–water partition coefficient (Wildman–Crippen LogP) is 3.94. The monoisotopic (exact) mass is 422 g/mol.